The Morgan fingerprint density at radius 1 is 1.00 bits per heavy atom. The number of aromatic nitrogens is 1. The fourth-order valence-corrected chi connectivity index (χ4v) is 3.22. The molecule has 1 aliphatic rings. The third-order valence-corrected chi connectivity index (χ3v) is 4.42. The van der Waals surface area contributed by atoms with E-state index < -0.39 is 0 Å². The van der Waals surface area contributed by atoms with E-state index in [2.05, 4.69) is 29.3 Å². The third kappa shape index (κ3) is 2.27. The van der Waals surface area contributed by atoms with Gasteiger partial charge in [-0.3, -0.25) is 4.79 Å². The maximum atomic E-state index is 12.6. The molecule has 2 nitrogen and oxygen atoms in total. The normalized spacial score (nSPS) is 17.6. The maximum Gasteiger partial charge on any atom is 0.166 e. The van der Waals surface area contributed by atoms with Gasteiger partial charge in [0, 0.05) is 22.7 Å². The number of para-hydroxylation sites is 1. The Morgan fingerprint density at radius 3 is 2.59 bits per heavy atom. The minimum atomic E-state index is 0.0730. The molecule has 1 atom stereocenters. The summed E-state index contributed by atoms with van der Waals surface area (Å²) in [6.07, 6.45) is 3.86. The SMILES string of the molecule is O=C(c1ccccc1)C1CC=C(c2cc3ccccc3[nH]2)C1. The van der Waals surface area contributed by atoms with Crippen molar-refractivity contribution in [3.8, 4) is 0 Å². The lowest BCUT2D eigenvalue weighted by Gasteiger charge is -2.09. The van der Waals surface area contributed by atoms with Gasteiger partial charge in [-0.2, -0.15) is 0 Å². The van der Waals surface area contributed by atoms with E-state index in [0.29, 0.717) is 0 Å². The van der Waals surface area contributed by atoms with Crippen LogP contribution < -0.4 is 0 Å². The van der Waals surface area contributed by atoms with Crippen LogP contribution >= 0.6 is 0 Å². The number of carbonyl (C=O) groups excluding carboxylic acids is 1. The zero-order valence-corrected chi connectivity index (χ0v) is 12.3. The molecule has 4 rings (SSSR count). The highest BCUT2D eigenvalue weighted by atomic mass is 16.1. The number of ketones is 1. The molecular weight excluding hydrogens is 270 g/mol. The van der Waals surface area contributed by atoms with Crippen molar-refractivity contribution in [1.82, 2.24) is 4.98 Å². The summed E-state index contributed by atoms with van der Waals surface area (Å²) in [4.78, 5) is 16.0. The van der Waals surface area contributed by atoms with E-state index in [1.165, 1.54) is 11.0 Å². The van der Waals surface area contributed by atoms with Gasteiger partial charge in [0.2, 0.25) is 0 Å². The first-order chi connectivity index (χ1) is 10.8. The number of benzene rings is 2. The van der Waals surface area contributed by atoms with Gasteiger partial charge in [-0.05, 0) is 35.9 Å². The Morgan fingerprint density at radius 2 is 1.77 bits per heavy atom. The van der Waals surface area contributed by atoms with E-state index >= 15 is 0 Å². The molecule has 0 saturated carbocycles. The second kappa shape index (κ2) is 5.30. The van der Waals surface area contributed by atoms with Crippen molar-refractivity contribution in [2.24, 2.45) is 5.92 Å². The molecule has 0 radical (unpaired) electrons. The van der Waals surface area contributed by atoms with Crippen LogP contribution in [0.4, 0.5) is 0 Å². The van der Waals surface area contributed by atoms with Gasteiger partial charge in [-0.15, -0.1) is 0 Å². The minimum Gasteiger partial charge on any atom is -0.355 e. The van der Waals surface area contributed by atoms with Crippen molar-refractivity contribution < 1.29 is 4.79 Å². The Hall–Kier alpha value is -2.61. The van der Waals surface area contributed by atoms with Gasteiger partial charge in [-0.1, -0.05) is 54.6 Å². The van der Waals surface area contributed by atoms with Crippen molar-refractivity contribution in [1.29, 1.82) is 0 Å². The van der Waals surface area contributed by atoms with Crippen LogP contribution in [0.25, 0.3) is 16.5 Å². The maximum absolute atomic E-state index is 12.6. The summed E-state index contributed by atoms with van der Waals surface area (Å²) >= 11 is 0. The summed E-state index contributed by atoms with van der Waals surface area (Å²) in [6.45, 7) is 0. The van der Waals surface area contributed by atoms with Gasteiger partial charge in [-0.25, -0.2) is 0 Å². The standard InChI is InChI=1S/C20H17NO/c22-20(14-6-2-1-3-7-14)17-11-10-16(12-17)19-13-15-8-4-5-9-18(15)21-19/h1-10,13,17,21H,11-12H2. The number of allylic oxidation sites excluding steroid dienone is 2. The first kappa shape index (κ1) is 13.1. The summed E-state index contributed by atoms with van der Waals surface area (Å²) in [6, 6.07) is 20.1. The largest absolute Gasteiger partial charge is 0.355 e. The van der Waals surface area contributed by atoms with E-state index in [9.17, 15) is 4.79 Å². The highest BCUT2D eigenvalue weighted by molar-refractivity contribution is 5.99. The van der Waals surface area contributed by atoms with Crippen molar-refractivity contribution in [3.63, 3.8) is 0 Å². The molecule has 0 bridgehead atoms. The van der Waals surface area contributed by atoms with Crippen molar-refractivity contribution in [2.45, 2.75) is 12.8 Å². The van der Waals surface area contributed by atoms with Crippen LogP contribution in [0.2, 0.25) is 0 Å². The third-order valence-electron chi connectivity index (χ3n) is 4.42. The predicted octanol–water partition coefficient (Wildman–Crippen LogP) is 4.84. The molecule has 1 N–H and O–H groups in total. The van der Waals surface area contributed by atoms with Crippen molar-refractivity contribution >= 4 is 22.3 Å². The summed E-state index contributed by atoms with van der Waals surface area (Å²) in [7, 11) is 0. The van der Waals surface area contributed by atoms with Crippen molar-refractivity contribution in [2.75, 3.05) is 0 Å². The van der Waals surface area contributed by atoms with Gasteiger partial charge in [0.15, 0.2) is 5.78 Å². The zero-order valence-electron chi connectivity index (χ0n) is 12.3. The molecule has 0 aliphatic heterocycles. The average molecular weight is 287 g/mol. The molecule has 0 saturated heterocycles. The molecule has 22 heavy (non-hydrogen) atoms. The smallest absolute Gasteiger partial charge is 0.166 e. The molecule has 1 aromatic heterocycles. The molecule has 1 heterocycles. The Labute approximate surface area is 129 Å². The Bertz CT molecular complexity index is 825. The first-order valence-corrected chi connectivity index (χ1v) is 7.68. The second-order valence-corrected chi connectivity index (χ2v) is 5.87. The predicted molar refractivity (Wildman–Crippen MR) is 89.8 cm³/mol. The lowest BCUT2D eigenvalue weighted by Crippen LogP contribution is -2.11. The Balaban J connectivity index is 1.55. The number of carbonyl (C=O) groups is 1. The number of hydrogen-bond acceptors (Lipinski definition) is 1. The van der Waals surface area contributed by atoms with Crippen LogP contribution in [-0.4, -0.2) is 10.8 Å². The number of Topliss-reactive ketones (excluding diaryl/α,β-unsaturated/α-hetero) is 1. The lowest BCUT2D eigenvalue weighted by molar-refractivity contribution is 0.0927. The van der Waals surface area contributed by atoms with Gasteiger partial charge in [0.05, 0.1) is 0 Å². The van der Waals surface area contributed by atoms with Crippen LogP contribution in [-0.2, 0) is 0 Å². The molecule has 1 aliphatic carbocycles. The monoisotopic (exact) mass is 287 g/mol. The number of H-pyrrole nitrogens is 1. The average Bonchev–Trinajstić information content (AvgIpc) is 3.21. The van der Waals surface area contributed by atoms with Gasteiger partial charge < -0.3 is 4.98 Å². The molecular formula is C20H17NO. The molecule has 0 spiro atoms. The fourth-order valence-electron chi connectivity index (χ4n) is 3.22. The summed E-state index contributed by atoms with van der Waals surface area (Å²) in [5.74, 6) is 0.326. The van der Waals surface area contributed by atoms with Gasteiger partial charge in [0.25, 0.3) is 0 Å². The van der Waals surface area contributed by atoms with E-state index in [4.69, 9.17) is 0 Å². The molecule has 0 amide bonds. The molecule has 3 aromatic rings. The Kier molecular flexibility index (Phi) is 3.15. The number of hydrogen-bond donors (Lipinski definition) is 1. The fraction of sp³-hybridized carbons (Fsp3) is 0.150. The summed E-state index contributed by atoms with van der Waals surface area (Å²) in [5.41, 5.74) is 4.37. The summed E-state index contributed by atoms with van der Waals surface area (Å²) in [5, 5.41) is 1.22. The van der Waals surface area contributed by atoms with E-state index in [1.807, 2.05) is 42.5 Å². The van der Waals surface area contributed by atoms with Crippen molar-refractivity contribution in [3.05, 3.63) is 78.0 Å². The number of fused-ring (bicyclic) bond motifs is 1. The molecule has 0 fully saturated rings. The van der Waals surface area contributed by atoms with E-state index in [0.717, 1.165) is 29.6 Å². The topological polar surface area (TPSA) is 32.9 Å². The molecule has 108 valence electrons. The molecule has 2 aromatic carbocycles. The number of rotatable bonds is 3. The summed E-state index contributed by atoms with van der Waals surface area (Å²) < 4.78 is 0. The highest BCUT2D eigenvalue weighted by Crippen LogP contribution is 2.35. The quantitative estimate of drug-likeness (QED) is 0.687. The zero-order chi connectivity index (χ0) is 14.9. The van der Waals surface area contributed by atoms with E-state index in [1.54, 1.807) is 0 Å². The second-order valence-electron chi connectivity index (χ2n) is 5.87. The van der Waals surface area contributed by atoms with Crippen LogP contribution in [0.1, 0.15) is 28.9 Å². The molecule has 1 unspecified atom stereocenters. The van der Waals surface area contributed by atoms with Crippen LogP contribution in [0.5, 0.6) is 0 Å². The van der Waals surface area contributed by atoms with Crippen LogP contribution in [0.15, 0.2) is 66.7 Å². The van der Waals surface area contributed by atoms with Gasteiger partial charge in [0.1, 0.15) is 0 Å². The molecule has 2 heteroatoms. The lowest BCUT2D eigenvalue weighted by atomic mass is 9.94. The van der Waals surface area contributed by atoms with E-state index in [-0.39, 0.29) is 11.7 Å². The number of aromatic amines is 1. The minimum absolute atomic E-state index is 0.0730. The van der Waals surface area contributed by atoms with Crippen LogP contribution in [0.3, 0.4) is 0 Å². The first-order valence-electron chi connectivity index (χ1n) is 7.68. The van der Waals surface area contributed by atoms with Gasteiger partial charge >= 0.3 is 0 Å². The highest BCUT2D eigenvalue weighted by Gasteiger charge is 2.26. The van der Waals surface area contributed by atoms with Crippen LogP contribution in [0, 0.1) is 5.92 Å². The number of nitrogens with one attached hydrogen (secondary N) is 1.